The van der Waals surface area contributed by atoms with E-state index in [0.717, 1.165) is 18.6 Å². The van der Waals surface area contributed by atoms with Crippen LogP contribution in [-0.4, -0.2) is 11.6 Å². The Bertz CT molecular complexity index is 514. The van der Waals surface area contributed by atoms with Gasteiger partial charge in [-0.3, -0.25) is 4.79 Å². The summed E-state index contributed by atoms with van der Waals surface area (Å²) in [5.74, 6) is -0.0245. The van der Waals surface area contributed by atoms with Crippen molar-refractivity contribution in [2.24, 2.45) is 5.10 Å². The van der Waals surface area contributed by atoms with E-state index in [2.05, 4.69) is 18.1 Å². The highest BCUT2D eigenvalue weighted by molar-refractivity contribution is 6.12. The Morgan fingerprint density at radius 2 is 2.35 bits per heavy atom. The first-order chi connectivity index (χ1) is 8.24. The molecule has 0 atom stereocenters. The Kier molecular flexibility index (Phi) is 3.20. The second kappa shape index (κ2) is 4.79. The molecule has 0 N–H and O–H groups in total. The van der Waals surface area contributed by atoms with Crippen molar-refractivity contribution >= 4 is 17.3 Å². The summed E-state index contributed by atoms with van der Waals surface area (Å²) in [5, 5.41) is 14.5. The molecule has 1 aliphatic heterocycles. The van der Waals surface area contributed by atoms with E-state index in [9.17, 15) is 4.79 Å². The molecule has 4 nitrogen and oxygen atoms in total. The molecular weight excluding hydrogens is 214 g/mol. The van der Waals surface area contributed by atoms with Crippen LogP contribution in [0.3, 0.4) is 0 Å². The monoisotopic (exact) mass is 227 g/mol. The quantitative estimate of drug-likeness (QED) is 0.796. The molecule has 1 aromatic rings. The standard InChI is InChI=1S/C13H13N3O/c1-2-4-11-8-13(17)16(15-11)12-6-3-5-10(7-12)9-14/h3,5-7H,2,4,8H2,1H3. The fourth-order valence-corrected chi connectivity index (χ4v) is 1.82. The zero-order chi connectivity index (χ0) is 12.3. The zero-order valence-electron chi connectivity index (χ0n) is 9.68. The number of nitriles is 1. The van der Waals surface area contributed by atoms with Gasteiger partial charge in [0.15, 0.2) is 0 Å². The first kappa shape index (κ1) is 11.3. The van der Waals surface area contributed by atoms with Crippen LogP contribution >= 0.6 is 0 Å². The third-order valence-corrected chi connectivity index (χ3v) is 2.59. The number of carbonyl (C=O) groups excluding carboxylic acids is 1. The highest BCUT2D eigenvalue weighted by atomic mass is 16.2. The lowest BCUT2D eigenvalue weighted by atomic mass is 10.1. The molecular formula is C13H13N3O. The second-order valence-corrected chi connectivity index (χ2v) is 3.96. The predicted octanol–water partition coefficient (Wildman–Crippen LogP) is 2.45. The Balaban J connectivity index is 2.28. The third-order valence-electron chi connectivity index (χ3n) is 2.59. The molecule has 1 heterocycles. The molecule has 0 bridgehead atoms. The topological polar surface area (TPSA) is 56.5 Å². The lowest BCUT2D eigenvalue weighted by Crippen LogP contribution is -2.19. The Morgan fingerprint density at radius 3 is 3.06 bits per heavy atom. The molecule has 1 aliphatic rings. The Hall–Kier alpha value is -2.15. The maximum absolute atomic E-state index is 11.8. The molecule has 4 heteroatoms. The second-order valence-electron chi connectivity index (χ2n) is 3.96. The number of hydrogen-bond acceptors (Lipinski definition) is 3. The molecule has 1 amide bonds. The van der Waals surface area contributed by atoms with Crippen molar-refractivity contribution in [2.75, 3.05) is 5.01 Å². The maximum Gasteiger partial charge on any atom is 0.253 e. The lowest BCUT2D eigenvalue weighted by molar-refractivity contribution is -0.116. The van der Waals surface area contributed by atoms with Gasteiger partial charge in [0, 0.05) is 5.71 Å². The van der Waals surface area contributed by atoms with Crippen LogP contribution in [-0.2, 0) is 4.79 Å². The number of nitrogens with zero attached hydrogens (tertiary/aromatic N) is 3. The van der Waals surface area contributed by atoms with Crippen LogP contribution in [0.25, 0.3) is 0 Å². The molecule has 0 unspecified atom stereocenters. The molecule has 0 spiro atoms. The number of rotatable bonds is 3. The summed E-state index contributed by atoms with van der Waals surface area (Å²) in [4.78, 5) is 11.8. The van der Waals surface area contributed by atoms with Gasteiger partial charge in [-0.25, -0.2) is 5.01 Å². The molecule has 1 aromatic carbocycles. The van der Waals surface area contributed by atoms with E-state index in [1.54, 1.807) is 24.3 Å². The smallest absolute Gasteiger partial charge is 0.253 e. The Labute approximate surface area is 100 Å². The van der Waals surface area contributed by atoms with E-state index in [4.69, 9.17) is 5.26 Å². The molecule has 0 aromatic heterocycles. The van der Waals surface area contributed by atoms with Gasteiger partial charge < -0.3 is 0 Å². The van der Waals surface area contributed by atoms with Crippen molar-refractivity contribution in [1.29, 1.82) is 5.26 Å². The van der Waals surface area contributed by atoms with Crippen molar-refractivity contribution < 1.29 is 4.79 Å². The summed E-state index contributed by atoms with van der Waals surface area (Å²) in [6.07, 6.45) is 2.23. The van der Waals surface area contributed by atoms with E-state index >= 15 is 0 Å². The molecule has 17 heavy (non-hydrogen) atoms. The van der Waals surface area contributed by atoms with Crippen LogP contribution in [0.4, 0.5) is 5.69 Å². The van der Waals surface area contributed by atoms with Crippen molar-refractivity contribution in [3.05, 3.63) is 29.8 Å². The van der Waals surface area contributed by atoms with Gasteiger partial charge in [-0.1, -0.05) is 19.4 Å². The van der Waals surface area contributed by atoms with Crippen LogP contribution in [0.15, 0.2) is 29.4 Å². The molecule has 0 aliphatic carbocycles. The normalized spacial score (nSPS) is 14.7. The van der Waals surface area contributed by atoms with Crippen molar-refractivity contribution in [1.82, 2.24) is 0 Å². The maximum atomic E-state index is 11.8. The van der Waals surface area contributed by atoms with E-state index in [-0.39, 0.29) is 5.91 Å². The van der Waals surface area contributed by atoms with Gasteiger partial charge in [0.25, 0.3) is 5.91 Å². The summed E-state index contributed by atoms with van der Waals surface area (Å²) >= 11 is 0. The number of benzene rings is 1. The van der Waals surface area contributed by atoms with Gasteiger partial charge in [0.05, 0.1) is 23.7 Å². The van der Waals surface area contributed by atoms with Gasteiger partial charge in [0.1, 0.15) is 0 Å². The van der Waals surface area contributed by atoms with Gasteiger partial charge in [-0.2, -0.15) is 10.4 Å². The molecule has 0 fully saturated rings. The number of hydrazone groups is 1. The zero-order valence-corrected chi connectivity index (χ0v) is 9.68. The predicted molar refractivity (Wildman–Crippen MR) is 65.6 cm³/mol. The largest absolute Gasteiger partial charge is 0.272 e. The minimum atomic E-state index is -0.0245. The van der Waals surface area contributed by atoms with Crippen molar-refractivity contribution in [2.45, 2.75) is 26.2 Å². The molecule has 0 radical (unpaired) electrons. The van der Waals surface area contributed by atoms with Crippen LogP contribution < -0.4 is 5.01 Å². The molecule has 86 valence electrons. The van der Waals surface area contributed by atoms with Gasteiger partial charge >= 0.3 is 0 Å². The average Bonchev–Trinajstić information content (AvgIpc) is 2.71. The first-order valence-corrected chi connectivity index (χ1v) is 5.64. The molecule has 2 rings (SSSR count). The van der Waals surface area contributed by atoms with Crippen LogP contribution in [0.1, 0.15) is 31.7 Å². The minimum absolute atomic E-state index is 0.0245. The minimum Gasteiger partial charge on any atom is -0.272 e. The Morgan fingerprint density at radius 1 is 1.53 bits per heavy atom. The average molecular weight is 227 g/mol. The highest BCUT2D eigenvalue weighted by Gasteiger charge is 2.24. The summed E-state index contributed by atoms with van der Waals surface area (Å²) in [6, 6.07) is 8.99. The SMILES string of the molecule is CCCC1=NN(c2cccc(C#N)c2)C(=O)C1. The van der Waals surface area contributed by atoms with Crippen LogP contribution in [0.2, 0.25) is 0 Å². The third kappa shape index (κ3) is 2.34. The summed E-state index contributed by atoms with van der Waals surface area (Å²) < 4.78 is 0. The fraction of sp³-hybridized carbons (Fsp3) is 0.308. The number of amides is 1. The summed E-state index contributed by atoms with van der Waals surface area (Å²) in [5.41, 5.74) is 2.12. The van der Waals surface area contributed by atoms with E-state index in [1.165, 1.54) is 5.01 Å². The molecule has 0 saturated carbocycles. The number of carbonyl (C=O) groups is 1. The van der Waals surface area contributed by atoms with Gasteiger partial charge in [-0.15, -0.1) is 0 Å². The first-order valence-electron chi connectivity index (χ1n) is 5.64. The number of hydrogen-bond donors (Lipinski definition) is 0. The van der Waals surface area contributed by atoms with E-state index in [0.29, 0.717) is 17.7 Å². The fourth-order valence-electron chi connectivity index (χ4n) is 1.82. The van der Waals surface area contributed by atoms with E-state index < -0.39 is 0 Å². The van der Waals surface area contributed by atoms with Crippen molar-refractivity contribution in [3.8, 4) is 6.07 Å². The molecule has 0 saturated heterocycles. The van der Waals surface area contributed by atoms with Gasteiger partial charge in [0.2, 0.25) is 0 Å². The van der Waals surface area contributed by atoms with Gasteiger partial charge in [-0.05, 0) is 24.6 Å². The highest BCUT2D eigenvalue weighted by Crippen LogP contribution is 2.22. The lowest BCUT2D eigenvalue weighted by Gasteiger charge is -2.11. The summed E-state index contributed by atoms with van der Waals surface area (Å²) in [7, 11) is 0. The number of anilines is 1. The van der Waals surface area contributed by atoms with E-state index in [1.807, 2.05) is 0 Å². The van der Waals surface area contributed by atoms with Crippen LogP contribution in [0, 0.1) is 11.3 Å². The van der Waals surface area contributed by atoms with Crippen LogP contribution in [0.5, 0.6) is 0 Å². The summed E-state index contributed by atoms with van der Waals surface area (Å²) in [6.45, 7) is 2.06. The van der Waals surface area contributed by atoms with Crippen molar-refractivity contribution in [3.63, 3.8) is 0 Å².